The fourth-order valence-corrected chi connectivity index (χ4v) is 1.66. The van der Waals surface area contributed by atoms with Gasteiger partial charge in [0.1, 0.15) is 0 Å². The molecule has 0 saturated carbocycles. The lowest BCUT2D eigenvalue weighted by Crippen LogP contribution is -2.27. The summed E-state index contributed by atoms with van der Waals surface area (Å²) in [6, 6.07) is 11.7. The van der Waals surface area contributed by atoms with Gasteiger partial charge in [-0.05, 0) is 11.6 Å². The van der Waals surface area contributed by atoms with Crippen molar-refractivity contribution in [2.75, 3.05) is 5.32 Å². The van der Waals surface area contributed by atoms with Gasteiger partial charge in [-0.15, -0.1) is 0 Å². The standard InChI is InChI=1S/C16H18N2O/c1-16(2,3)15(19)18-14-9-10-17-11-13(14)12-7-5-4-6-8-12/h4-11H,1-3H3,(H,17,18,19). The summed E-state index contributed by atoms with van der Waals surface area (Å²) in [6.07, 6.45) is 3.46. The summed E-state index contributed by atoms with van der Waals surface area (Å²) in [5, 5.41) is 2.97. The lowest BCUT2D eigenvalue weighted by molar-refractivity contribution is -0.123. The summed E-state index contributed by atoms with van der Waals surface area (Å²) < 4.78 is 0. The first-order valence-electron chi connectivity index (χ1n) is 6.29. The van der Waals surface area contributed by atoms with Crippen molar-refractivity contribution in [2.24, 2.45) is 5.41 Å². The van der Waals surface area contributed by atoms with Crippen LogP contribution in [-0.4, -0.2) is 10.9 Å². The maximum atomic E-state index is 12.1. The number of nitrogens with zero attached hydrogens (tertiary/aromatic N) is 1. The number of aromatic nitrogens is 1. The number of benzene rings is 1. The molecule has 1 heterocycles. The molecule has 0 bridgehead atoms. The highest BCUT2D eigenvalue weighted by molar-refractivity contribution is 5.98. The Bertz CT molecular complexity index is 571. The van der Waals surface area contributed by atoms with Crippen molar-refractivity contribution in [3.63, 3.8) is 0 Å². The van der Waals surface area contributed by atoms with Crippen molar-refractivity contribution in [1.29, 1.82) is 0 Å². The second-order valence-electron chi connectivity index (χ2n) is 5.49. The zero-order chi connectivity index (χ0) is 13.9. The topological polar surface area (TPSA) is 42.0 Å². The van der Waals surface area contributed by atoms with Gasteiger partial charge in [-0.2, -0.15) is 0 Å². The Kier molecular flexibility index (Phi) is 3.65. The third-order valence-corrected chi connectivity index (χ3v) is 2.84. The van der Waals surface area contributed by atoms with Gasteiger partial charge in [0.2, 0.25) is 5.91 Å². The lowest BCUT2D eigenvalue weighted by Gasteiger charge is -2.19. The molecule has 0 aliphatic carbocycles. The molecule has 19 heavy (non-hydrogen) atoms. The Labute approximate surface area is 113 Å². The fourth-order valence-electron chi connectivity index (χ4n) is 1.66. The molecule has 2 aromatic rings. The van der Waals surface area contributed by atoms with E-state index >= 15 is 0 Å². The lowest BCUT2D eigenvalue weighted by atomic mass is 9.95. The molecule has 2 rings (SSSR count). The third-order valence-electron chi connectivity index (χ3n) is 2.84. The zero-order valence-corrected chi connectivity index (χ0v) is 11.5. The first-order chi connectivity index (χ1) is 8.98. The minimum atomic E-state index is -0.419. The summed E-state index contributed by atoms with van der Waals surface area (Å²) in [5.41, 5.74) is 2.35. The second-order valence-corrected chi connectivity index (χ2v) is 5.49. The largest absolute Gasteiger partial charge is 0.325 e. The third kappa shape index (κ3) is 3.19. The van der Waals surface area contributed by atoms with E-state index in [4.69, 9.17) is 0 Å². The van der Waals surface area contributed by atoms with E-state index in [9.17, 15) is 4.79 Å². The van der Waals surface area contributed by atoms with Gasteiger partial charge in [0.25, 0.3) is 0 Å². The fraction of sp³-hybridized carbons (Fsp3) is 0.250. The van der Waals surface area contributed by atoms with Crippen molar-refractivity contribution in [3.05, 3.63) is 48.8 Å². The van der Waals surface area contributed by atoms with E-state index in [2.05, 4.69) is 10.3 Å². The summed E-state index contributed by atoms with van der Waals surface area (Å²) in [5.74, 6) is -0.00381. The van der Waals surface area contributed by atoms with Gasteiger partial charge in [0, 0.05) is 23.4 Å². The van der Waals surface area contributed by atoms with Crippen LogP contribution in [0.15, 0.2) is 48.8 Å². The summed E-state index contributed by atoms with van der Waals surface area (Å²) in [4.78, 5) is 16.2. The minimum Gasteiger partial charge on any atom is -0.325 e. The minimum absolute atomic E-state index is 0.00381. The van der Waals surface area contributed by atoms with Gasteiger partial charge in [0.05, 0.1) is 5.69 Å². The molecular weight excluding hydrogens is 236 g/mol. The highest BCUT2D eigenvalue weighted by atomic mass is 16.2. The zero-order valence-electron chi connectivity index (χ0n) is 11.5. The monoisotopic (exact) mass is 254 g/mol. The van der Waals surface area contributed by atoms with Crippen LogP contribution in [0.5, 0.6) is 0 Å². The molecule has 0 atom stereocenters. The van der Waals surface area contributed by atoms with Gasteiger partial charge in [0.15, 0.2) is 0 Å². The van der Waals surface area contributed by atoms with E-state index in [0.29, 0.717) is 0 Å². The Morgan fingerprint density at radius 1 is 1.11 bits per heavy atom. The molecule has 1 amide bonds. The Morgan fingerprint density at radius 3 is 2.42 bits per heavy atom. The van der Waals surface area contributed by atoms with Crippen LogP contribution in [-0.2, 0) is 4.79 Å². The molecule has 0 spiro atoms. The molecule has 0 saturated heterocycles. The van der Waals surface area contributed by atoms with E-state index in [0.717, 1.165) is 16.8 Å². The summed E-state index contributed by atoms with van der Waals surface area (Å²) >= 11 is 0. The van der Waals surface area contributed by atoms with Crippen LogP contribution >= 0.6 is 0 Å². The Morgan fingerprint density at radius 2 is 1.79 bits per heavy atom. The molecule has 1 aromatic carbocycles. The highest BCUT2D eigenvalue weighted by Crippen LogP contribution is 2.28. The smallest absolute Gasteiger partial charge is 0.229 e. The summed E-state index contributed by atoms with van der Waals surface area (Å²) in [6.45, 7) is 5.68. The number of rotatable bonds is 2. The van der Waals surface area contributed by atoms with E-state index in [-0.39, 0.29) is 5.91 Å². The molecule has 0 aliphatic rings. The van der Waals surface area contributed by atoms with E-state index in [1.165, 1.54) is 0 Å². The van der Waals surface area contributed by atoms with E-state index < -0.39 is 5.41 Å². The number of nitrogens with one attached hydrogen (secondary N) is 1. The average molecular weight is 254 g/mol. The van der Waals surface area contributed by atoms with Crippen LogP contribution in [0.4, 0.5) is 5.69 Å². The molecule has 1 N–H and O–H groups in total. The first kappa shape index (κ1) is 13.3. The first-order valence-corrected chi connectivity index (χ1v) is 6.29. The SMILES string of the molecule is CC(C)(C)C(=O)Nc1ccncc1-c1ccccc1. The predicted octanol–water partition coefficient (Wildman–Crippen LogP) is 3.73. The van der Waals surface area contributed by atoms with Crippen molar-refractivity contribution in [1.82, 2.24) is 4.98 Å². The molecule has 1 aromatic heterocycles. The molecular formula is C16H18N2O. The van der Waals surface area contributed by atoms with Crippen LogP contribution in [0, 0.1) is 5.41 Å². The maximum Gasteiger partial charge on any atom is 0.229 e. The Balaban J connectivity index is 2.35. The number of pyridine rings is 1. The van der Waals surface area contributed by atoms with Crippen molar-refractivity contribution >= 4 is 11.6 Å². The van der Waals surface area contributed by atoms with Gasteiger partial charge in [-0.1, -0.05) is 51.1 Å². The number of amides is 1. The molecule has 3 nitrogen and oxygen atoms in total. The molecule has 3 heteroatoms. The van der Waals surface area contributed by atoms with Crippen molar-refractivity contribution in [3.8, 4) is 11.1 Å². The van der Waals surface area contributed by atoms with Crippen LogP contribution < -0.4 is 5.32 Å². The molecule has 98 valence electrons. The number of carbonyl (C=O) groups excluding carboxylic acids is 1. The number of carbonyl (C=O) groups is 1. The normalized spacial score (nSPS) is 11.1. The van der Waals surface area contributed by atoms with Gasteiger partial charge < -0.3 is 5.32 Å². The maximum absolute atomic E-state index is 12.1. The van der Waals surface area contributed by atoms with Gasteiger partial charge in [-0.3, -0.25) is 9.78 Å². The van der Waals surface area contributed by atoms with Crippen LogP contribution in [0.25, 0.3) is 11.1 Å². The molecule has 0 radical (unpaired) electrons. The summed E-state index contributed by atoms with van der Waals surface area (Å²) in [7, 11) is 0. The predicted molar refractivity (Wildman–Crippen MR) is 77.8 cm³/mol. The molecule has 0 unspecified atom stereocenters. The van der Waals surface area contributed by atoms with Gasteiger partial charge in [-0.25, -0.2) is 0 Å². The molecule has 0 fully saturated rings. The van der Waals surface area contributed by atoms with E-state index in [1.807, 2.05) is 57.2 Å². The number of hydrogen-bond acceptors (Lipinski definition) is 2. The average Bonchev–Trinajstić information content (AvgIpc) is 2.39. The van der Waals surface area contributed by atoms with Crippen LogP contribution in [0.3, 0.4) is 0 Å². The Hall–Kier alpha value is -2.16. The number of hydrogen-bond donors (Lipinski definition) is 1. The molecule has 0 aliphatic heterocycles. The van der Waals surface area contributed by atoms with Gasteiger partial charge >= 0.3 is 0 Å². The second kappa shape index (κ2) is 5.22. The van der Waals surface area contributed by atoms with E-state index in [1.54, 1.807) is 12.4 Å². The van der Waals surface area contributed by atoms with Crippen LogP contribution in [0.1, 0.15) is 20.8 Å². The van der Waals surface area contributed by atoms with Crippen molar-refractivity contribution < 1.29 is 4.79 Å². The van der Waals surface area contributed by atoms with Crippen molar-refractivity contribution in [2.45, 2.75) is 20.8 Å². The van der Waals surface area contributed by atoms with Crippen LogP contribution in [0.2, 0.25) is 0 Å². The highest BCUT2D eigenvalue weighted by Gasteiger charge is 2.22. The number of anilines is 1. The quantitative estimate of drug-likeness (QED) is 0.887.